The molecule has 0 spiro atoms. The lowest BCUT2D eigenvalue weighted by Crippen LogP contribution is -2.36. The van der Waals surface area contributed by atoms with E-state index in [1.165, 1.54) is 0 Å². The summed E-state index contributed by atoms with van der Waals surface area (Å²) in [6.45, 7) is 6.27. The van der Waals surface area contributed by atoms with E-state index in [1.807, 2.05) is 18.2 Å². The van der Waals surface area contributed by atoms with Gasteiger partial charge in [-0.05, 0) is 17.5 Å². The zero-order chi connectivity index (χ0) is 13.2. The van der Waals surface area contributed by atoms with E-state index < -0.39 is 0 Å². The van der Waals surface area contributed by atoms with Crippen LogP contribution in [-0.2, 0) is 6.42 Å². The predicted octanol–water partition coefficient (Wildman–Crippen LogP) is 2.05. The number of nitrogens with two attached hydrogens (primary N) is 1. The Bertz CT molecular complexity index is 501. The molecule has 5 nitrogen and oxygen atoms in total. The summed E-state index contributed by atoms with van der Waals surface area (Å²) in [5, 5.41) is 3.92. The molecule has 1 unspecified atom stereocenters. The van der Waals surface area contributed by atoms with Gasteiger partial charge < -0.3 is 10.3 Å². The van der Waals surface area contributed by atoms with Crippen molar-refractivity contribution in [1.29, 1.82) is 0 Å². The summed E-state index contributed by atoms with van der Waals surface area (Å²) >= 11 is 0. The topological polar surface area (TPSA) is 77.8 Å². The molecule has 0 saturated heterocycles. The molecule has 0 bridgehead atoms. The molecule has 2 aromatic heterocycles. The molecular formula is C13H18N4O. The summed E-state index contributed by atoms with van der Waals surface area (Å²) in [4.78, 5) is 8.49. The van der Waals surface area contributed by atoms with E-state index in [1.54, 1.807) is 6.20 Å². The van der Waals surface area contributed by atoms with E-state index >= 15 is 0 Å². The van der Waals surface area contributed by atoms with Gasteiger partial charge in [0.15, 0.2) is 0 Å². The molecule has 0 aliphatic rings. The van der Waals surface area contributed by atoms with Crippen molar-refractivity contribution < 1.29 is 4.52 Å². The Hall–Kier alpha value is -1.75. The van der Waals surface area contributed by atoms with E-state index in [9.17, 15) is 0 Å². The fourth-order valence-corrected chi connectivity index (χ4v) is 1.43. The molecule has 96 valence electrons. The van der Waals surface area contributed by atoms with Crippen LogP contribution in [0.3, 0.4) is 0 Å². The first-order chi connectivity index (χ1) is 8.47. The van der Waals surface area contributed by atoms with Crippen LogP contribution in [-0.4, -0.2) is 21.2 Å². The fourth-order valence-electron chi connectivity index (χ4n) is 1.43. The molecule has 2 N–H and O–H groups in total. The molecular weight excluding hydrogens is 228 g/mol. The third-order valence-corrected chi connectivity index (χ3v) is 2.87. The molecule has 1 atom stereocenters. The Balaban J connectivity index is 2.12. The van der Waals surface area contributed by atoms with Gasteiger partial charge in [-0.25, -0.2) is 0 Å². The highest BCUT2D eigenvalue weighted by atomic mass is 16.5. The molecule has 0 aromatic carbocycles. The van der Waals surface area contributed by atoms with Gasteiger partial charge in [-0.15, -0.1) is 0 Å². The van der Waals surface area contributed by atoms with Gasteiger partial charge in [0.25, 0.3) is 0 Å². The van der Waals surface area contributed by atoms with E-state index in [2.05, 4.69) is 35.9 Å². The normalized spacial score (nSPS) is 13.6. The van der Waals surface area contributed by atoms with Gasteiger partial charge in [-0.1, -0.05) is 32.0 Å². The summed E-state index contributed by atoms with van der Waals surface area (Å²) in [6.07, 6.45) is 2.27. The third-order valence-electron chi connectivity index (χ3n) is 2.87. The molecule has 0 radical (unpaired) electrons. The maximum Gasteiger partial charge on any atom is 0.228 e. The molecule has 2 aromatic rings. The van der Waals surface area contributed by atoms with Crippen LogP contribution in [0.2, 0.25) is 0 Å². The Kier molecular flexibility index (Phi) is 3.43. The van der Waals surface area contributed by atoms with Gasteiger partial charge in [0, 0.05) is 18.7 Å². The van der Waals surface area contributed by atoms with Gasteiger partial charge in [-0.2, -0.15) is 4.98 Å². The Labute approximate surface area is 106 Å². The number of pyridine rings is 1. The average Bonchev–Trinajstić information content (AvgIpc) is 2.77. The van der Waals surface area contributed by atoms with Crippen LogP contribution < -0.4 is 5.73 Å². The molecule has 5 heteroatoms. The number of aromatic nitrogens is 3. The quantitative estimate of drug-likeness (QED) is 0.896. The number of hydrogen-bond acceptors (Lipinski definition) is 5. The second kappa shape index (κ2) is 4.86. The van der Waals surface area contributed by atoms with Gasteiger partial charge in [0.2, 0.25) is 11.7 Å². The van der Waals surface area contributed by atoms with Crippen LogP contribution in [0.5, 0.6) is 0 Å². The number of hydrogen-bond donors (Lipinski definition) is 1. The van der Waals surface area contributed by atoms with E-state index in [4.69, 9.17) is 10.3 Å². The van der Waals surface area contributed by atoms with Crippen molar-refractivity contribution >= 4 is 0 Å². The van der Waals surface area contributed by atoms with Crippen LogP contribution in [0.15, 0.2) is 28.9 Å². The Morgan fingerprint density at radius 3 is 2.72 bits per heavy atom. The first kappa shape index (κ1) is 12.7. The summed E-state index contributed by atoms with van der Waals surface area (Å²) < 4.78 is 5.20. The van der Waals surface area contributed by atoms with Gasteiger partial charge in [0.1, 0.15) is 5.69 Å². The minimum absolute atomic E-state index is 0.0135. The van der Waals surface area contributed by atoms with Crippen LogP contribution >= 0.6 is 0 Å². The van der Waals surface area contributed by atoms with Crippen molar-refractivity contribution in [3.8, 4) is 11.5 Å². The lowest BCUT2D eigenvalue weighted by atomic mass is 9.85. The Morgan fingerprint density at radius 1 is 1.33 bits per heavy atom. The van der Waals surface area contributed by atoms with E-state index in [0.717, 1.165) is 0 Å². The minimum atomic E-state index is -0.0190. The molecule has 18 heavy (non-hydrogen) atoms. The summed E-state index contributed by atoms with van der Waals surface area (Å²) in [5.41, 5.74) is 6.81. The molecule has 0 amide bonds. The van der Waals surface area contributed by atoms with Crippen LogP contribution in [0.4, 0.5) is 0 Å². The molecule has 0 saturated carbocycles. The average molecular weight is 246 g/mol. The van der Waals surface area contributed by atoms with Gasteiger partial charge >= 0.3 is 0 Å². The Morgan fingerprint density at radius 2 is 2.11 bits per heavy atom. The summed E-state index contributed by atoms with van der Waals surface area (Å²) in [5.74, 6) is 1.06. The van der Waals surface area contributed by atoms with Crippen LogP contribution in [0.25, 0.3) is 11.5 Å². The smallest absolute Gasteiger partial charge is 0.228 e. The highest BCUT2D eigenvalue weighted by Crippen LogP contribution is 2.21. The maximum absolute atomic E-state index is 6.09. The zero-order valence-corrected chi connectivity index (χ0v) is 10.9. The second-order valence-corrected chi connectivity index (χ2v) is 5.40. The SMILES string of the molecule is CC(C)(C)C(N)Cc1nc(-c2ccccn2)no1. The van der Waals surface area contributed by atoms with Crippen molar-refractivity contribution in [2.24, 2.45) is 11.1 Å². The minimum Gasteiger partial charge on any atom is -0.339 e. The first-order valence-electron chi connectivity index (χ1n) is 5.96. The lowest BCUT2D eigenvalue weighted by Gasteiger charge is -2.25. The molecule has 0 fully saturated rings. The highest BCUT2D eigenvalue weighted by molar-refractivity contribution is 5.47. The lowest BCUT2D eigenvalue weighted by molar-refractivity contribution is 0.286. The first-order valence-corrected chi connectivity index (χ1v) is 5.96. The van der Waals surface area contributed by atoms with Crippen molar-refractivity contribution in [2.75, 3.05) is 0 Å². The maximum atomic E-state index is 6.09. The molecule has 0 aliphatic carbocycles. The summed E-state index contributed by atoms with van der Waals surface area (Å²) in [7, 11) is 0. The van der Waals surface area contributed by atoms with Gasteiger partial charge in [0.05, 0.1) is 0 Å². The van der Waals surface area contributed by atoms with Crippen molar-refractivity contribution in [1.82, 2.24) is 15.1 Å². The number of nitrogens with zero attached hydrogens (tertiary/aromatic N) is 3. The number of rotatable bonds is 3. The third kappa shape index (κ3) is 2.92. The van der Waals surface area contributed by atoms with Crippen molar-refractivity contribution in [3.63, 3.8) is 0 Å². The van der Waals surface area contributed by atoms with Crippen LogP contribution in [0, 0.1) is 5.41 Å². The second-order valence-electron chi connectivity index (χ2n) is 5.40. The predicted molar refractivity (Wildman–Crippen MR) is 68.7 cm³/mol. The largest absolute Gasteiger partial charge is 0.339 e. The monoisotopic (exact) mass is 246 g/mol. The van der Waals surface area contributed by atoms with Crippen molar-refractivity contribution in [3.05, 3.63) is 30.3 Å². The van der Waals surface area contributed by atoms with Crippen molar-refractivity contribution in [2.45, 2.75) is 33.2 Å². The van der Waals surface area contributed by atoms with Gasteiger partial charge in [-0.3, -0.25) is 4.98 Å². The molecule has 2 heterocycles. The summed E-state index contributed by atoms with van der Waals surface area (Å²) in [6, 6.07) is 5.56. The molecule has 0 aliphatic heterocycles. The highest BCUT2D eigenvalue weighted by Gasteiger charge is 2.23. The van der Waals surface area contributed by atoms with E-state index in [-0.39, 0.29) is 11.5 Å². The zero-order valence-electron chi connectivity index (χ0n) is 10.9. The fraction of sp³-hybridized carbons (Fsp3) is 0.462. The molecule has 2 rings (SSSR count). The van der Waals surface area contributed by atoms with Crippen LogP contribution in [0.1, 0.15) is 26.7 Å². The standard InChI is InChI=1S/C13H18N4O/c1-13(2,3)10(14)8-11-16-12(17-18-11)9-6-4-5-7-15-9/h4-7,10H,8,14H2,1-3H3. The van der Waals surface area contributed by atoms with E-state index in [0.29, 0.717) is 23.8 Å².